The maximum absolute atomic E-state index is 10.8. The Morgan fingerprint density at radius 2 is 2.31 bits per heavy atom. The van der Waals surface area contributed by atoms with Gasteiger partial charge in [-0.05, 0) is 12.8 Å². The maximum atomic E-state index is 10.8. The van der Waals surface area contributed by atoms with Gasteiger partial charge in [-0.25, -0.2) is 13.1 Å². The molecule has 0 spiro atoms. The first-order valence-electron chi connectivity index (χ1n) is 4.12. The highest BCUT2D eigenvalue weighted by molar-refractivity contribution is 7.88. The minimum absolute atomic E-state index is 0.0211. The van der Waals surface area contributed by atoms with Crippen LogP contribution < -0.4 is 4.72 Å². The number of likely N-dealkylation sites (tertiary alicyclic amines) is 1. The Bertz CT molecular complexity index is 275. The van der Waals surface area contributed by atoms with Gasteiger partial charge in [0.05, 0.1) is 6.26 Å². The minimum Gasteiger partial charge on any atom is -0.330 e. The molecular weight excluding hydrogens is 192 g/mol. The molecule has 1 saturated heterocycles. The number of amides is 1. The number of hydrogen-bond acceptors (Lipinski definition) is 3. The van der Waals surface area contributed by atoms with Crippen molar-refractivity contribution in [3.63, 3.8) is 0 Å². The topological polar surface area (TPSA) is 66.5 Å². The van der Waals surface area contributed by atoms with Gasteiger partial charge >= 0.3 is 6.41 Å². The second kappa shape index (κ2) is 4.06. The number of carbonyl (C=O) groups excluding carboxylic acids is 1. The van der Waals surface area contributed by atoms with E-state index >= 15 is 0 Å². The molecule has 75 valence electrons. The molecule has 0 saturated carbocycles. The summed E-state index contributed by atoms with van der Waals surface area (Å²) in [6.07, 6.45) is 4.67. The van der Waals surface area contributed by atoms with Crippen LogP contribution in [-0.2, 0) is 14.8 Å². The van der Waals surface area contributed by atoms with E-state index in [-0.39, 0.29) is 6.04 Å². The van der Waals surface area contributed by atoms with Crippen LogP contribution in [0.5, 0.6) is 0 Å². The largest absolute Gasteiger partial charge is 0.330 e. The molecule has 5 nitrogen and oxygen atoms in total. The summed E-state index contributed by atoms with van der Waals surface area (Å²) < 4.78 is 23.9. The first-order chi connectivity index (χ1) is 6.03. The number of nitrogens with zero attached hydrogens (tertiary/aromatic N) is 1. The molecule has 1 heterocycles. The van der Waals surface area contributed by atoms with Crippen molar-refractivity contribution in [3.05, 3.63) is 0 Å². The van der Waals surface area contributed by atoms with Crippen LogP contribution in [0.15, 0.2) is 0 Å². The van der Waals surface area contributed by atoms with Gasteiger partial charge in [0, 0.05) is 19.1 Å². The quantitative estimate of drug-likeness (QED) is 0.644. The van der Waals surface area contributed by atoms with Crippen LogP contribution in [0, 0.1) is 0 Å². The molecule has 1 fully saturated rings. The van der Waals surface area contributed by atoms with E-state index in [9.17, 15) is 13.2 Å². The Morgan fingerprint density at radius 3 is 2.85 bits per heavy atom. The van der Waals surface area contributed by atoms with Gasteiger partial charge in [0.25, 0.3) is 0 Å². The van der Waals surface area contributed by atoms with Crippen molar-refractivity contribution in [1.29, 1.82) is 0 Å². The van der Waals surface area contributed by atoms with Gasteiger partial charge in [0.15, 0.2) is 0 Å². The first kappa shape index (κ1) is 10.5. The fraction of sp³-hybridized carbons (Fsp3) is 0.857. The molecule has 13 heavy (non-hydrogen) atoms. The summed E-state index contributed by atoms with van der Waals surface area (Å²) in [7, 11) is -3.15. The molecule has 1 amide bonds. The van der Waals surface area contributed by atoms with Crippen molar-refractivity contribution in [1.82, 2.24) is 9.62 Å². The van der Waals surface area contributed by atoms with Gasteiger partial charge in [-0.3, -0.25) is 4.79 Å². The molecule has 1 aliphatic heterocycles. The monoisotopic (exact) mass is 205 g/mol. The molecule has 1 aliphatic rings. The van der Waals surface area contributed by atoms with Crippen molar-refractivity contribution >= 4 is 16.4 Å². The molecule has 1 rings (SSSR count). The van der Waals surface area contributed by atoms with E-state index < -0.39 is 10.0 Å². The van der Waals surface area contributed by atoms with Gasteiger partial charge < -0.3 is 4.90 Å². The predicted molar refractivity (Wildman–Crippen MR) is 48.3 cm³/mol. The van der Waals surface area contributed by atoms with Gasteiger partial charge in [0.1, 0.15) is 0 Å². The molecule has 1 radical (unpaired) electrons. The molecule has 1 atom stereocenters. The van der Waals surface area contributed by atoms with E-state index in [1.54, 1.807) is 6.41 Å². The molecule has 0 aliphatic carbocycles. The number of rotatable bonds is 4. The zero-order valence-corrected chi connectivity index (χ0v) is 8.30. The zero-order valence-electron chi connectivity index (χ0n) is 7.49. The molecule has 0 aromatic carbocycles. The Morgan fingerprint density at radius 1 is 1.62 bits per heavy atom. The molecule has 0 aromatic rings. The summed E-state index contributed by atoms with van der Waals surface area (Å²) in [5.41, 5.74) is 0. The van der Waals surface area contributed by atoms with Crippen LogP contribution in [0.2, 0.25) is 0 Å². The molecule has 1 N–H and O–H groups in total. The third-order valence-electron chi connectivity index (χ3n) is 2.08. The third-order valence-corrected chi connectivity index (χ3v) is 2.77. The molecule has 0 aromatic heterocycles. The summed E-state index contributed by atoms with van der Waals surface area (Å²) in [6.45, 7) is 0.980. The van der Waals surface area contributed by atoms with E-state index in [1.807, 2.05) is 0 Å². The van der Waals surface area contributed by atoms with Crippen LogP contribution in [-0.4, -0.2) is 45.1 Å². The molecular formula is C7H13N2O3S. The fourth-order valence-corrected chi connectivity index (χ4v) is 1.91. The van der Waals surface area contributed by atoms with E-state index in [0.29, 0.717) is 13.1 Å². The smallest absolute Gasteiger partial charge is 0.312 e. The average molecular weight is 205 g/mol. The fourth-order valence-electron chi connectivity index (χ4n) is 1.42. The van der Waals surface area contributed by atoms with Crippen molar-refractivity contribution in [2.75, 3.05) is 19.3 Å². The zero-order chi connectivity index (χ0) is 9.90. The number of hydrogen-bond donors (Lipinski definition) is 1. The van der Waals surface area contributed by atoms with Crippen LogP contribution in [0.4, 0.5) is 0 Å². The van der Waals surface area contributed by atoms with E-state index in [4.69, 9.17) is 0 Å². The predicted octanol–water partition coefficient (Wildman–Crippen LogP) is -0.933. The second-order valence-corrected chi connectivity index (χ2v) is 5.03. The van der Waals surface area contributed by atoms with Gasteiger partial charge in [0.2, 0.25) is 10.0 Å². The van der Waals surface area contributed by atoms with Crippen LogP contribution >= 0.6 is 0 Å². The van der Waals surface area contributed by atoms with Crippen LogP contribution in [0.1, 0.15) is 12.8 Å². The molecule has 0 bridgehead atoms. The Balaban J connectivity index is 2.40. The highest BCUT2D eigenvalue weighted by Gasteiger charge is 2.24. The molecule has 6 heteroatoms. The van der Waals surface area contributed by atoms with Gasteiger partial charge in [-0.1, -0.05) is 0 Å². The SMILES string of the molecule is CS(=O)(=O)NCC1CCCN1[C]=O. The van der Waals surface area contributed by atoms with E-state index in [1.165, 1.54) is 4.90 Å². The van der Waals surface area contributed by atoms with Crippen LogP contribution in [0.3, 0.4) is 0 Å². The van der Waals surface area contributed by atoms with Gasteiger partial charge in [-0.15, -0.1) is 0 Å². The van der Waals surface area contributed by atoms with Crippen LogP contribution in [0.25, 0.3) is 0 Å². The summed E-state index contributed by atoms with van der Waals surface area (Å²) in [4.78, 5) is 11.9. The Kier molecular flexibility index (Phi) is 3.27. The third kappa shape index (κ3) is 3.31. The van der Waals surface area contributed by atoms with Gasteiger partial charge in [-0.2, -0.15) is 0 Å². The van der Waals surface area contributed by atoms with Crippen molar-refractivity contribution in [2.45, 2.75) is 18.9 Å². The highest BCUT2D eigenvalue weighted by Crippen LogP contribution is 2.13. The molecule has 1 unspecified atom stereocenters. The lowest BCUT2D eigenvalue weighted by atomic mass is 10.2. The summed E-state index contributed by atoms with van der Waals surface area (Å²) >= 11 is 0. The minimum atomic E-state index is -3.15. The number of nitrogens with one attached hydrogen (secondary N) is 1. The summed E-state index contributed by atoms with van der Waals surface area (Å²) in [5.74, 6) is 0. The summed E-state index contributed by atoms with van der Waals surface area (Å²) in [6, 6.07) is -0.0211. The Hall–Kier alpha value is -0.620. The maximum Gasteiger partial charge on any atom is 0.312 e. The standard InChI is InChI=1S/C7H13N2O3S/c1-13(11,12)8-5-7-3-2-4-9(7)6-10/h7-8H,2-5H2,1H3. The first-order valence-corrected chi connectivity index (χ1v) is 6.01. The summed E-state index contributed by atoms with van der Waals surface area (Å²) in [5, 5.41) is 0. The lowest BCUT2D eigenvalue weighted by Gasteiger charge is -2.18. The number of sulfonamides is 1. The average Bonchev–Trinajstić information content (AvgIpc) is 2.46. The van der Waals surface area contributed by atoms with Crippen molar-refractivity contribution in [2.24, 2.45) is 0 Å². The lowest BCUT2D eigenvalue weighted by molar-refractivity contribution is 0.356. The second-order valence-electron chi connectivity index (χ2n) is 3.20. The Labute approximate surface area is 78.2 Å². The highest BCUT2D eigenvalue weighted by atomic mass is 32.2. The van der Waals surface area contributed by atoms with Crippen molar-refractivity contribution in [3.8, 4) is 0 Å². The van der Waals surface area contributed by atoms with E-state index in [0.717, 1.165) is 19.1 Å². The lowest BCUT2D eigenvalue weighted by Crippen LogP contribution is -2.39. The van der Waals surface area contributed by atoms with Crippen molar-refractivity contribution < 1.29 is 13.2 Å². The normalized spacial score (nSPS) is 23.5. The van der Waals surface area contributed by atoms with E-state index in [2.05, 4.69) is 4.72 Å².